The van der Waals surface area contributed by atoms with Crippen LogP contribution >= 0.6 is 15.9 Å². The zero-order chi connectivity index (χ0) is 12.0. The highest BCUT2D eigenvalue weighted by Gasteiger charge is 2.34. The van der Waals surface area contributed by atoms with Gasteiger partial charge in [-0.3, -0.25) is 4.79 Å². The number of hydrogen-bond donors (Lipinski definition) is 2. The van der Waals surface area contributed by atoms with Crippen LogP contribution in [0.4, 0.5) is 15.8 Å². The third-order valence-corrected chi connectivity index (χ3v) is 3.88. The first-order chi connectivity index (χ1) is 8.13. The molecule has 2 aliphatic rings. The average Bonchev–Trinajstić information content (AvgIpc) is 3.06. The lowest BCUT2D eigenvalue weighted by Crippen LogP contribution is -2.24. The lowest BCUT2D eigenvalue weighted by Gasteiger charge is -2.16. The molecular weight excluding hydrogens is 287 g/mol. The third kappa shape index (κ3) is 2.16. The molecule has 1 aromatic rings. The van der Waals surface area contributed by atoms with E-state index >= 15 is 0 Å². The molecule has 1 unspecified atom stereocenters. The van der Waals surface area contributed by atoms with E-state index in [0.717, 1.165) is 12.8 Å². The van der Waals surface area contributed by atoms with Crippen LogP contribution in [0.5, 0.6) is 0 Å². The highest BCUT2D eigenvalue weighted by Crippen LogP contribution is 2.39. The number of rotatable bonds is 1. The standard InChI is InChI=1S/C12H12BrFN2O/c13-7-3-10-11(4-8(7)14)15-9(6-1-2-6)5-12(17)16-10/h3-4,6,9,15H,1-2,5H2,(H,16,17). The van der Waals surface area contributed by atoms with E-state index in [-0.39, 0.29) is 17.8 Å². The van der Waals surface area contributed by atoms with Crippen LogP contribution in [0.1, 0.15) is 19.3 Å². The molecule has 0 saturated heterocycles. The highest BCUT2D eigenvalue weighted by molar-refractivity contribution is 9.10. The summed E-state index contributed by atoms with van der Waals surface area (Å²) in [7, 11) is 0. The van der Waals surface area contributed by atoms with Crippen LogP contribution in [0.25, 0.3) is 0 Å². The van der Waals surface area contributed by atoms with Crippen molar-refractivity contribution in [2.75, 3.05) is 10.6 Å². The molecule has 2 N–H and O–H groups in total. The van der Waals surface area contributed by atoms with Gasteiger partial charge in [-0.05, 0) is 40.8 Å². The summed E-state index contributed by atoms with van der Waals surface area (Å²) >= 11 is 3.12. The fourth-order valence-corrected chi connectivity index (χ4v) is 2.55. The fraction of sp³-hybridized carbons (Fsp3) is 0.417. The van der Waals surface area contributed by atoms with E-state index in [1.165, 1.54) is 6.07 Å². The third-order valence-electron chi connectivity index (χ3n) is 3.27. The molecule has 1 heterocycles. The van der Waals surface area contributed by atoms with Crippen molar-refractivity contribution in [1.82, 2.24) is 0 Å². The van der Waals surface area contributed by atoms with E-state index in [4.69, 9.17) is 0 Å². The molecule has 17 heavy (non-hydrogen) atoms. The molecule has 1 atom stereocenters. The number of nitrogens with one attached hydrogen (secondary N) is 2. The van der Waals surface area contributed by atoms with E-state index < -0.39 is 0 Å². The van der Waals surface area contributed by atoms with E-state index in [9.17, 15) is 9.18 Å². The maximum Gasteiger partial charge on any atom is 0.226 e. The summed E-state index contributed by atoms with van der Waals surface area (Å²) in [6.45, 7) is 0. The van der Waals surface area contributed by atoms with Gasteiger partial charge in [0.25, 0.3) is 0 Å². The van der Waals surface area contributed by atoms with Gasteiger partial charge in [0.1, 0.15) is 5.82 Å². The minimum absolute atomic E-state index is 0.00772. The predicted molar refractivity (Wildman–Crippen MR) is 67.5 cm³/mol. The molecule has 1 saturated carbocycles. The number of anilines is 2. The van der Waals surface area contributed by atoms with Gasteiger partial charge in [-0.15, -0.1) is 0 Å². The zero-order valence-corrected chi connectivity index (χ0v) is 10.7. The lowest BCUT2D eigenvalue weighted by molar-refractivity contribution is -0.116. The van der Waals surface area contributed by atoms with Gasteiger partial charge in [-0.1, -0.05) is 0 Å². The summed E-state index contributed by atoms with van der Waals surface area (Å²) in [6, 6.07) is 3.17. The number of halogens is 2. The van der Waals surface area contributed by atoms with Gasteiger partial charge in [0.2, 0.25) is 5.91 Å². The molecular formula is C12H12BrFN2O. The molecule has 1 fully saturated rings. The van der Waals surface area contributed by atoms with Crippen molar-refractivity contribution < 1.29 is 9.18 Å². The van der Waals surface area contributed by atoms with Crippen molar-refractivity contribution in [2.24, 2.45) is 5.92 Å². The molecule has 1 aromatic carbocycles. The van der Waals surface area contributed by atoms with E-state index in [0.29, 0.717) is 28.2 Å². The van der Waals surface area contributed by atoms with Crippen molar-refractivity contribution in [3.63, 3.8) is 0 Å². The number of carbonyl (C=O) groups excluding carboxylic acids is 1. The second-order valence-electron chi connectivity index (χ2n) is 4.65. The number of benzene rings is 1. The van der Waals surface area contributed by atoms with Crippen LogP contribution in [-0.2, 0) is 4.79 Å². The molecule has 5 heteroatoms. The minimum atomic E-state index is -0.318. The minimum Gasteiger partial charge on any atom is -0.380 e. The fourth-order valence-electron chi connectivity index (χ4n) is 2.20. The Labute approximate surface area is 107 Å². The normalized spacial score (nSPS) is 23.4. The Kier molecular flexibility index (Phi) is 2.58. The zero-order valence-electron chi connectivity index (χ0n) is 9.09. The summed E-state index contributed by atoms with van der Waals surface area (Å²) in [5.74, 6) is 0.229. The summed E-state index contributed by atoms with van der Waals surface area (Å²) in [6.07, 6.45) is 2.76. The molecule has 0 radical (unpaired) electrons. The predicted octanol–water partition coefficient (Wildman–Crippen LogP) is 3.12. The molecule has 1 aliphatic carbocycles. The van der Waals surface area contributed by atoms with Crippen molar-refractivity contribution in [3.8, 4) is 0 Å². The monoisotopic (exact) mass is 298 g/mol. The van der Waals surface area contributed by atoms with Crippen molar-refractivity contribution >= 4 is 33.2 Å². The van der Waals surface area contributed by atoms with Gasteiger partial charge in [0.05, 0.1) is 15.8 Å². The summed E-state index contributed by atoms with van der Waals surface area (Å²) in [4.78, 5) is 11.7. The molecule has 0 aromatic heterocycles. The molecule has 0 spiro atoms. The van der Waals surface area contributed by atoms with Crippen LogP contribution in [0.15, 0.2) is 16.6 Å². The topological polar surface area (TPSA) is 41.1 Å². The van der Waals surface area contributed by atoms with Gasteiger partial charge in [-0.2, -0.15) is 0 Å². The summed E-state index contributed by atoms with van der Waals surface area (Å²) in [5.41, 5.74) is 1.32. The first-order valence-electron chi connectivity index (χ1n) is 5.69. The quantitative estimate of drug-likeness (QED) is 0.836. The van der Waals surface area contributed by atoms with E-state index in [1.54, 1.807) is 6.07 Å². The van der Waals surface area contributed by atoms with Crippen molar-refractivity contribution in [2.45, 2.75) is 25.3 Å². The number of fused-ring (bicyclic) bond motifs is 1. The van der Waals surface area contributed by atoms with Gasteiger partial charge in [-0.25, -0.2) is 4.39 Å². The van der Waals surface area contributed by atoms with Crippen LogP contribution in [0.3, 0.4) is 0 Å². The first kappa shape index (κ1) is 11.0. The Morgan fingerprint density at radius 2 is 2.06 bits per heavy atom. The van der Waals surface area contributed by atoms with E-state index in [1.807, 2.05) is 0 Å². The largest absolute Gasteiger partial charge is 0.380 e. The maximum atomic E-state index is 13.5. The van der Waals surface area contributed by atoms with Crippen LogP contribution in [0, 0.1) is 11.7 Å². The molecule has 1 amide bonds. The average molecular weight is 299 g/mol. The first-order valence-corrected chi connectivity index (χ1v) is 6.48. The van der Waals surface area contributed by atoms with Gasteiger partial charge in [0.15, 0.2) is 0 Å². The number of amides is 1. The summed E-state index contributed by atoms with van der Waals surface area (Å²) in [5, 5.41) is 6.08. The number of hydrogen-bond acceptors (Lipinski definition) is 2. The Morgan fingerprint density at radius 3 is 2.76 bits per heavy atom. The highest BCUT2D eigenvalue weighted by atomic mass is 79.9. The van der Waals surface area contributed by atoms with Crippen LogP contribution in [-0.4, -0.2) is 11.9 Å². The SMILES string of the molecule is O=C1CC(C2CC2)Nc2cc(F)c(Br)cc2N1. The van der Waals surface area contributed by atoms with Crippen LogP contribution in [0.2, 0.25) is 0 Å². The molecule has 0 bridgehead atoms. The Balaban J connectivity index is 1.98. The Morgan fingerprint density at radius 1 is 1.29 bits per heavy atom. The summed E-state index contributed by atoms with van der Waals surface area (Å²) < 4.78 is 13.8. The molecule has 1 aliphatic heterocycles. The molecule has 90 valence electrons. The smallest absolute Gasteiger partial charge is 0.226 e. The van der Waals surface area contributed by atoms with Gasteiger partial charge >= 0.3 is 0 Å². The molecule has 3 nitrogen and oxygen atoms in total. The Hall–Kier alpha value is -1.10. The molecule has 3 rings (SSSR count). The lowest BCUT2D eigenvalue weighted by atomic mass is 10.1. The van der Waals surface area contributed by atoms with Crippen molar-refractivity contribution in [1.29, 1.82) is 0 Å². The van der Waals surface area contributed by atoms with E-state index in [2.05, 4.69) is 26.6 Å². The number of carbonyl (C=O) groups is 1. The van der Waals surface area contributed by atoms with Crippen LogP contribution < -0.4 is 10.6 Å². The van der Waals surface area contributed by atoms with Gasteiger partial charge in [0, 0.05) is 18.5 Å². The van der Waals surface area contributed by atoms with Gasteiger partial charge < -0.3 is 10.6 Å². The second kappa shape index (κ2) is 3.98. The Bertz CT molecular complexity index is 488. The van der Waals surface area contributed by atoms with Crippen molar-refractivity contribution in [3.05, 3.63) is 22.4 Å². The second-order valence-corrected chi connectivity index (χ2v) is 5.51. The maximum absolute atomic E-state index is 13.5.